The monoisotopic (exact) mass is 516 g/mol. The Labute approximate surface area is 192 Å². The highest BCUT2D eigenvalue weighted by atomic mass is 127. The number of pyridine rings is 1. The SMILES string of the molecule is CCNC(=NCc1cnn(Cc2ccccc2)c1)NCc1nnc2ccccn12.I. The zero-order chi connectivity index (χ0) is 19.9. The van der Waals surface area contributed by atoms with Crippen molar-refractivity contribution in [3.05, 3.63) is 84.1 Å². The van der Waals surface area contributed by atoms with E-state index in [4.69, 9.17) is 0 Å². The van der Waals surface area contributed by atoms with Crippen molar-refractivity contribution in [1.82, 2.24) is 35.0 Å². The van der Waals surface area contributed by atoms with E-state index in [9.17, 15) is 0 Å². The normalized spacial score (nSPS) is 11.3. The highest BCUT2D eigenvalue weighted by Gasteiger charge is 2.06. The highest BCUT2D eigenvalue weighted by molar-refractivity contribution is 14.0. The highest BCUT2D eigenvalue weighted by Crippen LogP contribution is 2.05. The van der Waals surface area contributed by atoms with E-state index in [0.717, 1.165) is 36.1 Å². The molecule has 0 saturated carbocycles. The zero-order valence-electron chi connectivity index (χ0n) is 16.8. The molecule has 0 aliphatic carbocycles. The molecule has 9 heteroatoms. The summed E-state index contributed by atoms with van der Waals surface area (Å²) in [6.45, 7) is 4.65. The Kier molecular flexibility index (Phi) is 7.77. The molecule has 156 valence electrons. The molecule has 4 aromatic rings. The van der Waals surface area contributed by atoms with Crippen LogP contribution in [0.5, 0.6) is 0 Å². The van der Waals surface area contributed by atoms with Gasteiger partial charge in [-0.25, -0.2) is 4.99 Å². The van der Waals surface area contributed by atoms with E-state index in [1.54, 1.807) is 0 Å². The Bertz CT molecular complexity index is 1090. The summed E-state index contributed by atoms with van der Waals surface area (Å²) in [5.74, 6) is 1.57. The predicted octanol–water partition coefficient (Wildman–Crippen LogP) is 2.85. The molecule has 30 heavy (non-hydrogen) atoms. The molecule has 0 unspecified atom stereocenters. The van der Waals surface area contributed by atoms with Crippen molar-refractivity contribution >= 4 is 35.6 Å². The Morgan fingerprint density at radius 3 is 2.67 bits per heavy atom. The van der Waals surface area contributed by atoms with Gasteiger partial charge in [0.15, 0.2) is 17.4 Å². The second kappa shape index (κ2) is 10.7. The van der Waals surface area contributed by atoms with Crippen LogP contribution in [0.25, 0.3) is 5.65 Å². The van der Waals surface area contributed by atoms with Crippen molar-refractivity contribution in [3.8, 4) is 0 Å². The van der Waals surface area contributed by atoms with Gasteiger partial charge in [-0.05, 0) is 24.6 Å². The quantitative estimate of drug-likeness (QED) is 0.224. The van der Waals surface area contributed by atoms with Gasteiger partial charge in [0.05, 0.1) is 25.8 Å². The maximum Gasteiger partial charge on any atom is 0.191 e. The Hall–Kier alpha value is -2.95. The molecule has 1 aromatic carbocycles. The first kappa shape index (κ1) is 21.8. The molecule has 0 bridgehead atoms. The lowest BCUT2D eigenvalue weighted by Gasteiger charge is -2.10. The fraction of sp³-hybridized carbons (Fsp3) is 0.238. The zero-order valence-corrected chi connectivity index (χ0v) is 19.1. The van der Waals surface area contributed by atoms with Gasteiger partial charge < -0.3 is 10.6 Å². The van der Waals surface area contributed by atoms with Crippen molar-refractivity contribution in [2.24, 2.45) is 4.99 Å². The summed E-state index contributed by atoms with van der Waals surface area (Å²) < 4.78 is 3.90. The fourth-order valence-electron chi connectivity index (χ4n) is 3.03. The molecule has 0 radical (unpaired) electrons. The summed E-state index contributed by atoms with van der Waals surface area (Å²) >= 11 is 0. The van der Waals surface area contributed by atoms with Gasteiger partial charge in [0.1, 0.15) is 0 Å². The number of hydrogen-bond donors (Lipinski definition) is 2. The number of aliphatic imine (C=N–C) groups is 1. The third-order valence-corrected chi connectivity index (χ3v) is 4.44. The Balaban J connectivity index is 0.00000256. The second-order valence-electron chi connectivity index (χ2n) is 6.63. The first-order valence-electron chi connectivity index (χ1n) is 9.68. The molecular formula is C21H25IN8. The molecule has 0 fully saturated rings. The smallest absolute Gasteiger partial charge is 0.191 e. The van der Waals surface area contributed by atoms with Crippen molar-refractivity contribution in [2.75, 3.05) is 6.54 Å². The predicted molar refractivity (Wildman–Crippen MR) is 128 cm³/mol. The first-order chi connectivity index (χ1) is 14.3. The Morgan fingerprint density at radius 2 is 1.83 bits per heavy atom. The van der Waals surface area contributed by atoms with Gasteiger partial charge in [-0.3, -0.25) is 9.08 Å². The molecule has 3 aromatic heterocycles. The van der Waals surface area contributed by atoms with Crippen LogP contribution >= 0.6 is 24.0 Å². The van der Waals surface area contributed by atoms with Crippen molar-refractivity contribution in [1.29, 1.82) is 0 Å². The molecule has 0 atom stereocenters. The topological polar surface area (TPSA) is 84.4 Å². The van der Waals surface area contributed by atoms with Gasteiger partial charge in [-0.1, -0.05) is 36.4 Å². The van der Waals surface area contributed by atoms with Crippen molar-refractivity contribution < 1.29 is 0 Å². The lowest BCUT2D eigenvalue weighted by Crippen LogP contribution is -2.37. The van der Waals surface area contributed by atoms with E-state index in [1.807, 2.05) is 71.0 Å². The molecule has 4 rings (SSSR count). The molecule has 8 nitrogen and oxygen atoms in total. The average Bonchev–Trinajstić information content (AvgIpc) is 3.38. The number of aromatic nitrogens is 5. The first-order valence-corrected chi connectivity index (χ1v) is 9.68. The molecule has 0 aliphatic rings. The van der Waals surface area contributed by atoms with Gasteiger partial charge in [-0.2, -0.15) is 5.10 Å². The summed E-state index contributed by atoms with van der Waals surface area (Å²) in [6, 6.07) is 16.1. The summed E-state index contributed by atoms with van der Waals surface area (Å²) in [5, 5.41) is 19.4. The van der Waals surface area contributed by atoms with Gasteiger partial charge >= 0.3 is 0 Å². The van der Waals surface area contributed by atoms with E-state index < -0.39 is 0 Å². The lowest BCUT2D eigenvalue weighted by atomic mass is 10.2. The van der Waals surface area contributed by atoms with Crippen LogP contribution in [-0.2, 0) is 19.6 Å². The van der Waals surface area contributed by atoms with Crippen LogP contribution in [0.1, 0.15) is 23.9 Å². The van der Waals surface area contributed by atoms with E-state index in [1.165, 1.54) is 5.56 Å². The van der Waals surface area contributed by atoms with Gasteiger partial charge in [0.2, 0.25) is 0 Å². The minimum absolute atomic E-state index is 0. The number of benzene rings is 1. The number of nitrogens with zero attached hydrogens (tertiary/aromatic N) is 6. The fourth-order valence-corrected chi connectivity index (χ4v) is 3.03. The van der Waals surface area contributed by atoms with Crippen molar-refractivity contribution in [3.63, 3.8) is 0 Å². The molecule has 0 spiro atoms. The number of rotatable bonds is 7. The van der Waals surface area contributed by atoms with Crippen molar-refractivity contribution in [2.45, 2.75) is 26.6 Å². The summed E-state index contributed by atoms with van der Waals surface area (Å²) in [5.41, 5.74) is 3.12. The molecule has 0 aliphatic heterocycles. The van der Waals surface area contributed by atoms with Crippen LogP contribution in [0.15, 0.2) is 72.1 Å². The van der Waals surface area contributed by atoms with Gasteiger partial charge in [0.25, 0.3) is 0 Å². The largest absolute Gasteiger partial charge is 0.357 e. The third kappa shape index (κ3) is 5.56. The third-order valence-electron chi connectivity index (χ3n) is 4.44. The van der Waals surface area contributed by atoms with Gasteiger partial charge in [0, 0.05) is 24.5 Å². The van der Waals surface area contributed by atoms with Gasteiger partial charge in [-0.15, -0.1) is 34.2 Å². The number of guanidine groups is 1. The molecule has 2 N–H and O–H groups in total. The van der Waals surface area contributed by atoms with E-state index >= 15 is 0 Å². The second-order valence-corrected chi connectivity index (χ2v) is 6.63. The average molecular weight is 516 g/mol. The minimum atomic E-state index is 0. The Morgan fingerprint density at radius 1 is 1.00 bits per heavy atom. The minimum Gasteiger partial charge on any atom is -0.357 e. The molecule has 0 saturated heterocycles. The van der Waals surface area contributed by atoms with Crippen LogP contribution in [-0.4, -0.2) is 36.9 Å². The number of fused-ring (bicyclic) bond motifs is 1. The number of nitrogens with one attached hydrogen (secondary N) is 2. The van der Waals surface area contributed by atoms with Crippen LogP contribution in [0, 0.1) is 0 Å². The van der Waals surface area contributed by atoms with E-state index in [0.29, 0.717) is 13.1 Å². The van der Waals surface area contributed by atoms with E-state index in [-0.39, 0.29) is 24.0 Å². The van der Waals surface area contributed by atoms with Crippen LogP contribution in [0.3, 0.4) is 0 Å². The summed E-state index contributed by atoms with van der Waals surface area (Å²) in [4.78, 5) is 4.67. The molecular weight excluding hydrogens is 491 g/mol. The maximum atomic E-state index is 4.67. The van der Waals surface area contributed by atoms with Crippen LogP contribution in [0.2, 0.25) is 0 Å². The maximum absolute atomic E-state index is 4.67. The number of hydrogen-bond acceptors (Lipinski definition) is 4. The van der Waals surface area contributed by atoms with E-state index in [2.05, 4.69) is 43.1 Å². The standard InChI is InChI=1S/C21H24N8.HI/c1-2-22-21(24-14-20-27-26-19-10-6-7-11-29(19)20)23-12-18-13-25-28(16-18)15-17-8-4-3-5-9-17;/h3-11,13,16H,2,12,14-15H2,1H3,(H2,22,23,24);1H. The molecule has 0 amide bonds. The van der Waals surface area contributed by atoms with Crippen LogP contribution < -0.4 is 10.6 Å². The summed E-state index contributed by atoms with van der Waals surface area (Å²) in [6.07, 6.45) is 5.85. The lowest BCUT2D eigenvalue weighted by molar-refractivity contribution is 0.686. The van der Waals surface area contributed by atoms with Crippen LogP contribution in [0.4, 0.5) is 0 Å². The summed E-state index contributed by atoms with van der Waals surface area (Å²) in [7, 11) is 0. The number of halogens is 1. The molecule has 3 heterocycles.